The predicted octanol–water partition coefficient (Wildman–Crippen LogP) is 5.45. The Morgan fingerprint density at radius 1 is 0.885 bits per heavy atom. The molecule has 3 rings (SSSR count). The van der Waals surface area contributed by atoms with Crippen LogP contribution in [-0.2, 0) is 6.54 Å². The topological polar surface area (TPSA) is 50.7 Å². The zero-order chi connectivity index (χ0) is 18.5. The number of halogens is 1. The van der Waals surface area contributed by atoms with Crippen LogP contribution in [0.25, 0.3) is 11.1 Å². The van der Waals surface area contributed by atoms with Gasteiger partial charge >= 0.3 is 0 Å². The van der Waals surface area contributed by atoms with E-state index in [1.807, 2.05) is 36.4 Å². The first-order chi connectivity index (χ1) is 12.6. The van der Waals surface area contributed by atoms with Gasteiger partial charge in [0, 0.05) is 6.54 Å². The number of rotatable bonds is 6. The third-order valence-electron chi connectivity index (χ3n) is 4.10. The van der Waals surface area contributed by atoms with E-state index in [2.05, 4.69) is 39.4 Å². The average molecular weight is 414 g/mol. The lowest BCUT2D eigenvalue weighted by Crippen LogP contribution is -2.02. The van der Waals surface area contributed by atoms with Gasteiger partial charge in [-0.1, -0.05) is 36.4 Å². The molecule has 0 radical (unpaired) electrons. The Labute approximate surface area is 161 Å². The molecule has 3 aromatic rings. The molecule has 26 heavy (non-hydrogen) atoms. The third-order valence-corrected chi connectivity index (χ3v) is 4.70. The molecule has 0 aromatic heterocycles. The van der Waals surface area contributed by atoms with Crippen molar-refractivity contribution in [3.8, 4) is 28.4 Å². The van der Waals surface area contributed by atoms with E-state index in [0.29, 0.717) is 16.8 Å². The highest BCUT2D eigenvalue weighted by Gasteiger charge is 2.10. The monoisotopic (exact) mass is 413 g/mol. The quantitative estimate of drug-likeness (QED) is 0.563. The van der Waals surface area contributed by atoms with Crippen LogP contribution in [-0.4, -0.2) is 19.3 Å². The molecule has 0 aliphatic carbocycles. The second-order valence-corrected chi connectivity index (χ2v) is 6.62. The Kier molecular flexibility index (Phi) is 5.68. The van der Waals surface area contributed by atoms with Crippen LogP contribution in [0.4, 0.5) is 5.69 Å². The fourth-order valence-corrected chi connectivity index (χ4v) is 3.23. The van der Waals surface area contributed by atoms with Crippen molar-refractivity contribution < 1.29 is 14.6 Å². The number of benzene rings is 3. The summed E-state index contributed by atoms with van der Waals surface area (Å²) in [7, 11) is 3.19. The van der Waals surface area contributed by atoms with Gasteiger partial charge in [-0.2, -0.15) is 0 Å². The number of aromatic hydroxyl groups is 1. The first-order valence-electron chi connectivity index (χ1n) is 8.15. The molecule has 5 heteroatoms. The summed E-state index contributed by atoms with van der Waals surface area (Å²) in [6.45, 7) is 0.559. The van der Waals surface area contributed by atoms with Crippen LogP contribution in [0, 0.1) is 0 Å². The Hall–Kier alpha value is -2.66. The lowest BCUT2D eigenvalue weighted by molar-refractivity contribution is 0.371. The maximum atomic E-state index is 9.94. The van der Waals surface area contributed by atoms with E-state index >= 15 is 0 Å². The van der Waals surface area contributed by atoms with Gasteiger partial charge in [0.2, 0.25) is 0 Å². The van der Waals surface area contributed by atoms with Crippen molar-refractivity contribution >= 4 is 21.6 Å². The molecule has 0 heterocycles. The van der Waals surface area contributed by atoms with Gasteiger partial charge < -0.3 is 19.9 Å². The number of hydrogen-bond donors (Lipinski definition) is 2. The number of anilines is 1. The molecule has 134 valence electrons. The second-order valence-electron chi connectivity index (χ2n) is 5.76. The lowest BCUT2D eigenvalue weighted by atomic mass is 10.0. The van der Waals surface area contributed by atoms with E-state index in [9.17, 15) is 5.11 Å². The van der Waals surface area contributed by atoms with Gasteiger partial charge in [0.25, 0.3) is 0 Å². The number of ether oxygens (including phenoxy) is 2. The van der Waals surface area contributed by atoms with Crippen molar-refractivity contribution in [2.45, 2.75) is 6.54 Å². The summed E-state index contributed by atoms with van der Waals surface area (Å²) in [4.78, 5) is 0. The molecule has 0 unspecified atom stereocenters. The summed E-state index contributed by atoms with van der Waals surface area (Å²) in [5.74, 6) is 1.30. The van der Waals surface area contributed by atoms with Gasteiger partial charge in [-0.05, 0) is 56.9 Å². The number of phenolic OH excluding ortho intramolecular Hbond substituents is 1. The van der Waals surface area contributed by atoms with Crippen molar-refractivity contribution in [1.82, 2.24) is 0 Å². The predicted molar refractivity (Wildman–Crippen MR) is 108 cm³/mol. The molecule has 0 saturated heterocycles. The van der Waals surface area contributed by atoms with Crippen LogP contribution in [0.1, 0.15) is 5.56 Å². The average Bonchev–Trinajstić information content (AvgIpc) is 2.69. The molecule has 0 saturated carbocycles. The highest BCUT2D eigenvalue weighted by atomic mass is 79.9. The highest BCUT2D eigenvalue weighted by molar-refractivity contribution is 9.10. The molecule has 2 N–H and O–H groups in total. The zero-order valence-corrected chi connectivity index (χ0v) is 16.2. The van der Waals surface area contributed by atoms with E-state index in [1.165, 1.54) is 7.11 Å². The van der Waals surface area contributed by atoms with Crippen molar-refractivity contribution in [3.63, 3.8) is 0 Å². The van der Waals surface area contributed by atoms with Crippen molar-refractivity contribution in [2.24, 2.45) is 0 Å². The van der Waals surface area contributed by atoms with E-state index in [0.717, 1.165) is 28.1 Å². The normalized spacial score (nSPS) is 10.4. The van der Waals surface area contributed by atoms with Gasteiger partial charge in [-0.25, -0.2) is 0 Å². The standard InChI is InChI=1S/C21H20BrNO3/c1-25-19-9-8-16(15-6-4-3-5-7-15)12-18(19)23-13-14-10-17(22)21(24)20(11-14)26-2/h3-12,23-24H,13H2,1-2H3. The second kappa shape index (κ2) is 8.15. The van der Waals surface area contributed by atoms with E-state index in [4.69, 9.17) is 9.47 Å². The minimum absolute atomic E-state index is 0.0971. The summed E-state index contributed by atoms with van der Waals surface area (Å²) in [6.07, 6.45) is 0. The smallest absolute Gasteiger partial charge is 0.172 e. The number of nitrogens with one attached hydrogen (secondary N) is 1. The summed E-state index contributed by atoms with van der Waals surface area (Å²) >= 11 is 3.35. The number of hydrogen-bond acceptors (Lipinski definition) is 4. The first-order valence-corrected chi connectivity index (χ1v) is 8.94. The van der Waals surface area contributed by atoms with Gasteiger partial charge in [0.05, 0.1) is 24.4 Å². The molecule has 3 aromatic carbocycles. The Bertz CT molecular complexity index is 897. The molecule has 0 atom stereocenters. The molecular formula is C21H20BrNO3. The molecule has 0 spiro atoms. The minimum atomic E-state index is 0.0971. The number of methoxy groups -OCH3 is 2. The van der Waals surface area contributed by atoms with Crippen LogP contribution >= 0.6 is 15.9 Å². The molecule has 0 fully saturated rings. The molecular weight excluding hydrogens is 394 g/mol. The molecule has 0 aliphatic heterocycles. The highest BCUT2D eigenvalue weighted by Crippen LogP contribution is 2.36. The van der Waals surface area contributed by atoms with Crippen molar-refractivity contribution in [3.05, 3.63) is 70.7 Å². The van der Waals surface area contributed by atoms with Crippen LogP contribution in [0.3, 0.4) is 0 Å². The summed E-state index contributed by atoms with van der Waals surface area (Å²) in [5.41, 5.74) is 4.13. The number of phenols is 1. The zero-order valence-electron chi connectivity index (χ0n) is 14.6. The Balaban J connectivity index is 1.86. The SMILES string of the molecule is COc1ccc(-c2ccccc2)cc1NCc1cc(Br)c(O)c(OC)c1. The molecule has 0 aliphatic rings. The Morgan fingerprint density at radius 2 is 1.62 bits per heavy atom. The van der Waals surface area contributed by atoms with Gasteiger partial charge in [0.15, 0.2) is 11.5 Å². The van der Waals surface area contributed by atoms with Crippen molar-refractivity contribution in [1.29, 1.82) is 0 Å². The van der Waals surface area contributed by atoms with E-state index < -0.39 is 0 Å². The largest absolute Gasteiger partial charge is 0.503 e. The van der Waals surface area contributed by atoms with Gasteiger partial charge in [-0.15, -0.1) is 0 Å². The lowest BCUT2D eigenvalue weighted by Gasteiger charge is -2.14. The molecule has 0 amide bonds. The van der Waals surface area contributed by atoms with Crippen LogP contribution < -0.4 is 14.8 Å². The minimum Gasteiger partial charge on any atom is -0.503 e. The van der Waals surface area contributed by atoms with Gasteiger partial charge in [0.1, 0.15) is 5.75 Å². The van der Waals surface area contributed by atoms with Crippen LogP contribution in [0.5, 0.6) is 17.2 Å². The van der Waals surface area contributed by atoms with E-state index in [-0.39, 0.29) is 5.75 Å². The third kappa shape index (κ3) is 3.94. The van der Waals surface area contributed by atoms with Gasteiger partial charge in [-0.3, -0.25) is 0 Å². The fraction of sp³-hybridized carbons (Fsp3) is 0.143. The Morgan fingerprint density at radius 3 is 2.31 bits per heavy atom. The van der Waals surface area contributed by atoms with Crippen LogP contribution in [0.15, 0.2) is 65.1 Å². The maximum Gasteiger partial charge on any atom is 0.172 e. The molecule has 0 bridgehead atoms. The fourth-order valence-electron chi connectivity index (χ4n) is 2.74. The van der Waals surface area contributed by atoms with E-state index in [1.54, 1.807) is 13.2 Å². The van der Waals surface area contributed by atoms with Crippen molar-refractivity contribution in [2.75, 3.05) is 19.5 Å². The summed E-state index contributed by atoms with van der Waals surface area (Å²) < 4.78 is 11.3. The summed E-state index contributed by atoms with van der Waals surface area (Å²) in [5, 5.41) is 13.3. The van der Waals surface area contributed by atoms with Crippen LogP contribution in [0.2, 0.25) is 0 Å². The molecule has 4 nitrogen and oxygen atoms in total. The maximum absolute atomic E-state index is 9.94. The first kappa shape index (κ1) is 18.1. The summed E-state index contributed by atoms with van der Waals surface area (Å²) in [6, 6.07) is 19.9.